The Balaban J connectivity index is 1.82. The lowest BCUT2D eigenvalue weighted by atomic mass is 10.1. The molecule has 0 saturated heterocycles. The Morgan fingerprint density at radius 3 is 2.05 bits per heavy atom. The summed E-state index contributed by atoms with van der Waals surface area (Å²) in [5.74, 6) is 1.85. The van der Waals surface area contributed by atoms with Gasteiger partial charge in [0.2, 0.25) is 0 Å². The van der Waals surface area contributed by atoms with Gasteiger partial charge < -0.3 is 9.47 Å². The maximum atomic E-state index is 5.98. The number of hydrogen-bond acceptors (Lipinski definition) is 2. The zero-order valence-corrected chi connectivity index (χ0v) is 14.9. The van der Waals surface area contributed by atoms with Crippen molar-refractivity contribution in [2.45, 2.75) is 38.5 Å². The molecule has 0 aliphatic heterocycles. The number of fused-ring (bicyclic) bond motifs is 1. The lowest BCUT2D eigenvalue weighted by Gasteiger charge is -2.12. The Bertz CT molecular complexity index is 568. The molecule has 0 aliphatic rings. The average molecular weight is 365 g/mol. The van der Waals surface area contributed by atoms with E-state index in [2.05, 4.69) is 28.1 Å². The van der Waals surface area contributed by atoms with Gasteiger partial charge in [0.25, 0.3) is 0 Å². The van der Waals surface area contributed by atoms with Crippen LogP contribution in [0.4, 0.5) is 0 Å². The number of halogens is 1. The van der Waals surface area contributed by atoms with Crippen LogP contribution in [0.5, 0.6) is 11.5 Å². The van der Waals surface area contributed by atoms with Gasteiger partial charge in [0.05, 0.1) is 13.7 Å². The van der Waals surface area contributed by atoms with E-state index in [1.165, 1.54) is 32.1 Å². The zero-order valence-electron chi connectivity index (χ0n) is 13.3. The number of methoxy groups -OCH3 is 1. The molecule has 0 aromatic heterocycles. The summed E-state index contributed by atoms with van der Waals surface area (Å²) in [4.78, 5) is 0. The van der Waals surface area contributed by atoms with Crippen LogP contribution in [0, 0.1) is 0 Å². The molecular weight excluding hydrogens is 340 g/mol. The second kappa shape index (κ2) is 9.73. The van der Waals surface area contributed by atoms with Gasteiger partial charge in [-0.3, -0.25) is 0 Å². The van der Waals surface area contributed by atoms with Crippen molar-refractivity contribution in [1.82, 2.24) is 0 Å². The summed E-state index contributed by atoms with van der Waals surface area (Å²) >= 11 is 3.47. The highest BCUT2D eigenvalue weighted by atomic mass is 79.9. The Morgan fingerprint density at radius 1 is 0.773 bits per heavy atom. The van der Waals surface area contributed by atoms with Gasteiger partial charge in [-0.2, -0.15) is 0 Å². The molecule has 0 N–H and O–H groups in total. The summed E-state index contributed by atoms with van der Waals surface area (Å²) in [6.45, 7) is 0.786. The maximum absolute atomic E-state index is 5.98. The molecule has 2 nitrogen and oxygen atoms in total. The van der Waals surface area contributed by atoms with Crippen LogP contribution in [0.3, 0.4) is 0 Å². The Morgan fingerprint density at radius 2 is 1.36 bits per heavy atom. The standard InChI is InChI=1S/C19H25BrO2/c1-21-18-12-13-19(17-11-7-6-10-16(17)18)22-15-9-5-3-2-4-8-14-20/h6-7,10-13H,2-5,8-9,14-15H2,1H3. The van der Waals surface area contributed by atoms with Crippen LogP contribution in [0.1, 0.15) is 38.5 Å². The van der Waals surface area contributed by atoms with Crippen molar-refractivity contribution < 1.29 is 9.47 Å². The van der Waals surface area contributed by atoms with Gasteiger partial charge in [0, 0.05) is 16.1 Å². The predicted molar refractivity (Wildman–Crippen MR) is 97.5 cm³/mol. The fraction of sp³-hybridized carbons (Fsp3) is 0.474. The summed E-state index contributed by atoms with van der Waals surface area (Å²) < 4.78 is 11.4. The lowest BCUT2D eigenvalue weighted by Crippen LogP contribution is -1.98. The fourth-order valence-electron chi connectivity index (χ4n) is 2.63. The van der Waals surface area contributed by atoms with Gasteiger partial charge in [-0.15, -0.1) is 0 Å². The minimum absolute atomic E-state index is 0.786. The molecule has 0 unspecified atom stereocenters. The average Bonchev–Trinajstić information content (AvgIpc) is 2.57. The summed E-state index contributed by atoms with van der Waals surface area (Å²) in [5.41, 5.74) is 0. The Kier molecular flexibility index (Phi) is 7.58. The first-order valence-electron chi connectivity index (χ1n) is 8.11. The first-order chi connectivity index (χ1) is 10.9. The molecule has 3 heteroatoms. The highest BCUT2D eigenvalue weighted by Crippen LogP contribution is 2.32. The summed E-state index contributed by atoms with van der Waals surface area (Å²) in [5, 5.41) is 3.36. The molecule has 2 aromatic carbocycles. The number of unbranched alkanes of at least 4 members (excludes halogenated alkanes) is 5. The molecule has 2 aromatic rings. The van der Waals surface area contributed by atoms with Gasteiger partial charge >= 0.3 is 0 Å². The minimum atomic E-state index is 0.786. The Labute approximate surface area is 141 Å². The highest BCUT2D eigenvalue weighted by molar-refractivity contribution is 9.09. The van der Waals surface area contributed by atoms with Crippen molar-refractivity contribution in [3.8, 4) is 11.5 Å². The molecule has 0 fully saturated rings. The van der Waals surface area contributed by atoms with Crippen molar-refractivity contribution in [2.75, 3.05) is 19.0 Å². The summed E-state index contributed by atoms with van der Waals surface area (Å²) in [6.07, 6.45) is 7.62. The number of rotatable bonds is 10. The largest absolute Gasteiger partial charge is 0.496 e. The van der Waals surface area contributed by atoms with Crippen LogP contribution in [-0.4, -0.2) is 19.0 Å². The third-order valence-corrected chi connectivity index (χ3v) is 4.41. The Hall–Kier alpha value is -1.22. The van der Waals surface area contributed by atoms with E-state index in [0.717, 1.165) is 40.6 Å². The molecule has 120 valence electrons. The van der Waals surface area contributed by atoms with E-state index < -0.39 is 0 Å². The van der Waals surface area contributed by atoms with Crippen LogP contribution in [0.2, 0.25) is 0 Å². The second-order valence-corrected chi connectivity index (χ2v) is 6.26. The number of benzene rings is 2. The zero-order chi connectivity index (χ0) is 15.6. The van der Waals surface area contributed by atoms with Gasteiger partial charge in [-0.25, -0.2) is 0 Å². The second-order valence-electron chi connectivity index (χ2n) is 5.47. The normalized spacial score (nSPS) is 10.8. The SMILES string of the molecule is COc1ccc(OCCCCCCCCBr)c2ccccc12. The predicted octanol–water partition coefficient (Wildman–Crippen LogP) is 5.96. The molecular formula is C19H25BrO2. The molecule has 0 heterocycles. The van der Waals surface area contributed by atoms with E-state index in [9.17, 15) is 0 Å². The summed E-state index contributed by atoms with van der Waals surface area (Å²) in [7, 11) is 1.71. The smallest absolute Gasteiger partial charge is 0.127 e. The van der Waals surface area contributed by atoms with E-state index in [1.807, 2.05) is 24.3 Å². The van der Waals surface area contributed by atoms with Crippen LogP contribution < -0.4 is 9.47 Å². The van der Waals surface area contributed by atoms with E-state index >= 15 is 0 Å². The molecule has 2 rings (SSSR count). The van der Waals surface area contributed by atoms with Crippen molar-refractivity contribution in [3.05, 3.63) is 36.4 Å². The number of hydrogen-bond donors (Lipinski definition) is 0. The first-order valence-corrected chi connectivity index (χ1v) is 9.23. The van der Waals surface area contributed by atoms with E-state index in [0.29, 0.717) is 0 Å². The van der Waals surface area contributed by atoms with Gasteiger partial charge in [-0.05, 0) is 25.0 Å². The monoisotopic (exact) mass is 364 g/mol. The summed E-state index contributed by atoms with van der Waals surface area (Å²) in [6, 6.07) is 12.2. The number of ether oxygens (including phenoxy) is 2. The van der Waals surface area contributed by atoms with Crippen LogP contribution in [0.25, 0.3) is 10.8 Å². The molecule has 0 bridgehead atoms. The van der Waals surface area contributed by atoms with E-state index in [-0.39, 0.29) is 0 Å². The van der Waals surface area contributed by atoms with Crippen LogP contribution in [-0.2, 0) is 0 Å². The first kappa shape index (κ1) is 17.1. The minimum Gasteiger partial charge on any atom is -0.496 e. The van der Waals surface area contributed by atoms with Crippen molar-refractivity contribution in [1.29, 1.82) is 0 Å². The topological polar surface area (TPSA) is 18.5 Å². The fourth-order valence-corrected chi connectivity index (χ4v) is 3.03. The molecule has 0 atom stereocenters. The van der Waals surface area contributed by atoms with Crippen molar-refractivity contribution in [3.63, 3.8) is 0 Å². The molecule has 0 radical (unpaired) electrons. The molecule has 0 amide bonds. The van der Waals surface area contributed by atoms with Crippen molar-refractivity contribution in [2.24, 2.45) is 0 Å². The third-order valence-electron chi connectivity index (χ3n) is 3.85. The van der Waals surface area contributed by atoms with Crippen LogP contribution >= 0.6 is 15.9 Å². The van der Waals surface area contributed by atoms with Crippen molar-refractivity contribution >= 4 is 26.7 Å². The molecule has 22 heavy (non-hydrogen) atoms. The lowest BCUT2D eigenvalue weighted by molar-refractivity contribution is 0.307. The van der Waals surface area contributed by atoms with Gasteiger partial charge in [-0.1, -0.05) is 65.9 Å². The van der Waals surface area contributed by atoms with Gasteiger partial charge in [0.15, 0.2) is 0 Å². The molecule has 0 spiro atoms. The number of alkyl halides is 1. The molecule has 0 aliphatic carbocycles. The highest BCUT2D eigenvalue weighted by Gasteiger charge is 2.06. The van der Waals surface area contributed by atoms with E-state index in [1.54, 1.807) is 7.11 Å². The van der Waals surface area contributed by atoms with Crippen LogP contribution in [0.15, 0.2) is 36.4 Å². The van der Waals surface area contributed by atoms with Gasteiger partial charge in [0.1, 0.15) is 11.5 Å². The maximum Gasteiger partial charge on any atom is 0.127 e. The molecule has 0 saturated carbocycles. The quantitative estimate of drug-likeness (QED) is 0.382. The third kappa shape index (κ3) is 4.91. The van der Waals surface area contributed by atoms with E-state index in [4.69, 9.17) is 9.47 Å².